The van der Waals surface area contributed by atoms with Gasteiger partial charge in [-0.25, -0.2) is 18.1 Å². The van der Waals surface area contributed by atoms with Crippen LogP contribution in [0.3, 0.4) is 0 Å². The largest absolute Gasteiger partial charge is 0.366 e. The number of benzene rings is 1. The van der Waals surface area contributed by atoms with Crippen molar-refractivity contribution in [3.8, 4) is 0 Å². The number of sulfonamides is 1. The molecule has 7 heteroatoms. The van der Waals surface area contributed by atoms with Crippen molar-refractivity contribution in [1.82, 2.24) is 9.71 Å². The molecule has 0 atom stereocenters. The van der Waals surface area contributed by atoms with E-state index in [0.717, 1.165) is 16.9 Å². The number of hydrogen-bond acceptors (Lipinski definition) is 4. The van der Waals surface area contributed by atoms with Crippen LogP contribution in [0.1, 0.15) is 11.1 Å². The average Bonchev–Trinajstić information content (AvgIpc) is 2.48. The van der Waals surface area contributed by atoms with E-state index in [1.165, 1.54) is 7.05 Å². The van der Waals surface area contributed by atoms with Gasteiger partial charge in [0.15, 0.2) is 0 Å². The van der Waals surface area contributed by atoms with Gasteiger partial charge in [0.25, 0.3) is 0 Å². The third kappa shape index (κ3) is 5.00. The molecule has 2 rings (SSSR count). The van der Waals surface area contributed by atoms with E-state index in [1.807, 2.05) is 12.1 Å². The van der Waals surface area contributed by atoms with Crippen LogP contribution in [-0.2, 0) is 22.3 Å². The first-order valence-corrected chi connectivity index (χ1v) is 8.36. The zero-order valence-electron chi connectivity index (χ0n) is 11.5. The minimum atomic E-state index is -3.23. The van der Waals surface area contributed by atoms with Crippen molar-refractivity contribution in [2.75, 3.05) is 12.4 Å². The predicted octanol–water partition coefficient (Wildman–Crippen LogP) is 2.40. The molecule has 1 heterocycles. The summed E-state index contributed by atoms with van der Waals surface area (Å²) >= 11 is 5.77. The van der Waals surface area contributed by atoms with Crippen LogP contribution in [0.5, 0.6) is 0 Å². The Morgan fingerprint density at radius 3 is 2.33 bits per heavy atom. The van der Waals surface area contributed by atoms with Gasteiger partial charge < -0.3 is 5.32 Å². The minimum absolute atomic E-state index is 0.0179. The quantitative estimate of drug-likeness (QED) is 0.855. The Kier molecular flexibility index (Phi) is 5.17. The summed E-state index contributed by atoms with van der Waals surface area (Å²) in [6.45, 7) is 0.605. The molecule has 0 aliphatic rings. The molecule has 21 heavy (non-hydrogen) atoms. The highest BCUT2D eigenvalue weighted by Crippen LogP contribution is 2.12. The molecule has 2 aromatic rings. The summed E-state index contributed by atoms with van der Waals surface area (Å²) in [6.07, 6.45) is 1.58. The molecule has 1 aromatic heterocycles. The van der Waals surface area contributed by atoms with Gasteiger partial charge in [0.1, 0.15) is 5.82 Å². The van der Waals surface area contributed by atoms with Gasteiger partial charge in [-0.3, -0.25) is 0 Å². The van der Waals surface area contributed by atoms with Gasteiger partial charge in [-0.15, -0.1) is 0 Å². The van der Waals surface area contributed by atoms with Crippen molar-refractivity contribution in [2.45, 2.75) is 12.3 Å². The molecule has 0 aliphatic heterocycles. The average molecular weight is 326 g/mol. The van der Waals surface area contributed by atoms with Crippen molar-refractivity contribution >= 4 is 27.4 Å². The molecule has 0 saturated heterocycles. The Hall–Kier alpha value is -1.63. The highest BCUT2D eigenvalue weighted by molar-refractivity contribution is 7.88. The molecule has 0 bridgehead atoms. The fourth-order valence-electron chi connectivity index (χ4n) is 1.72. The Labute approximate surface area is 129 Å². The Morgan fingerprint density at radius 1 is 1.10 bits per heavy atom. The highest BCUT2D eigenvalue weighted by atomic mass is 35.5. The van der Waals surface area contributed by atoms with Crippen LogP contribution in [0, 0.1) is 0 Å². The summed E-state index contributed by atoms with van der Waals surface area (Å²) < 4.78 is 25.2. The number of rotatable bonds is 6. The lowest BCUT2D eigenvalue weighted by molar-refractivity contribution is 0.587. The number of anilines is 1. The van der Waals surface area contributed by atoms with Crippen molar-refractivity contribution in [1.29, 1.82) is 0 Å². The van der Waals surface area contributed by atoms with E-state index >= 15 is 0 Å². The molecule has 0 saturated carbocycles. The number of nitrogens with one attached hydrogen (secondary N) is 2. The van der Waals surface area contributed by atoms with Gasteiger partial charge >= 0.3 is 0 Å². The second-order valence-electron chi connectivity index (χ2n) is 4.49. The fraction of sp³-hybridized carbons (Fsp3) is 0.214. The van der Waals surface area contributed by atoms with Crippen LogP contribution in [-0.4, -0.2) is 20.4 Å². The summed E-state index contributed by atoms with van der Waals surface area (Å²) in [4.78, 5) is 4.14. The molecule has 5 nitrogen and oxygen atoms in total. The maximum Gasteiger partial charge on any atom is 0.215 e. The van der Waals surface area contributed by atoms with Gasteiger partial charge in [-0.1, -0.05) is 35.9 Å². The van der Waals surface area contributed by atoms with Crippen LogP contribution in [0.25, 0.3) is 0 Å². The molecule has 0 amide bonds. The standard InChI is InChI=1S/C14H16ClN3O2S/c1-16-21(19,20)10-12-4-2-11(3-5-12)8-17-14-7-6-13(15)9-18-14/h2-7,9,16H,8,10H2,1H3,(H,17,18). The molecule has 0 unspecified atom stereocenters. The first-order valence-electron chi connectivity index (χ1n) is 6.33. The van der Waals surface area contributed by atoms with Gasteiger partial charge in [0.2, 0.25) is 10.0 Å². The second-order valence-corrected chi connectivity index (χ2v) is 6.86. The number of nitrogens with zero attached hydrogens (tertiary/aromatic N) is 1. The number of pyridine rings is 1. The summed E-state index contributed by atoms with van der Waals surface area (Å²) in [6, 6.07) is 11.0. The van der Waals surface area contributed by atoms with Crippen LogP contribution in [0.15, 0.2) is 42.6 Å². The molecule has 0 radical (unpaired) electrons. The van der Waals surface area contributed by atoms with Gasteiger partial charge in [-0.2, -0.15) is 0 Å². The van der Waals surface area contributed by atoms with Crippen LogP contribution in [0.2, 0.25) is 5.02 Å². The van der Waals surface area contributed by atoms with E-state index < -0.39 is 10.0 Å². The smallest absolute Gasteiger partial charge is 0.215 e. The lowest BCUT2D eigenvalue weighted by Crippen LogP contribution is -2.20. The number of halogens is 1. The van der Waals surface area contributed by atoms with Crippen molar-refractivity contribution in [3.05, 3.63) is 58.7 Å². The third-order valence-corrected chi connectivity index (χ3v) is 4.45. The van der Waals surface area contributed by atoms with Crippen molar-refractivity contribution in [2.24, 2.45) is 0 Å². The van der Waals surface area contributed by atoms with E-state index in [4.69, 9.17) is 11.6 Å². The van der Waals surface area contributed by atoms with E-state index in [2.05, 4.69) is 15.0 Å². The predicted molar refractivity (Wildman–Crippen MR) is 84.7 cm³/mol. The zero-order valence-corrected chi connectivity index (χ0v) is 13.1. The van der Waals surface area contributed by atoms with E-state index in [1.54, 1.807) is 30.5 Å². The summed E-state index contributed by atoms with van der Waals surface area (Å²) in [5.74, 6) is 0.719. The SMILES string of the molecule is CNS(=O)(=O)Cc1ccc(CNc2ccc(Cl)cn2)cc1. The lowest BCUT2D eigenvalue weighted by Gasteiger charge is -2.07. The summed E-state index contributed by atoms with van der Waals surface area (Å²) in [5.41, 5.74) is 1.79. The van der Waals surface area contributed by atoms with Gasteiger partial charge in [-0.05, 0) is 30.3 Å². The molecule has 0 fully saturated rings. The molecule has 1 aromatic carbocycles. The number of hydrogen-bond donors (Lipinski definition) is 2. The molecule has 0 spiro atoms. The summed E-state index contributed by atoms with van der Waals surface area (Å²) in [7, 11) is -1.82. The first-order chi connectivity index (χ1) is 9.98. The normalized spacial score (nSPS) is 11.3. The van der Waals surface area contributed by atoms with E-state index in [-0.39, 0.29) is 5.75 Å². The minimum Gasteiger partial charge on any atom is -0.366 e. The molecular formula is C14H16ClN3O2S. The van der Waals surface area contributed by atoms with Gasteiger partial charge in [0.05, 0.1) is 10.8 Å². The molecular weight excluding hydrogens is 310 g/mol. The van der Waals surface area contributed by atoms with E-state index in [9.17, 15) is 8.42 Å². The molecule has 0 aliphatic carbocycles. The number of aromatic nitrogens is 1. The maximum atomic E-state index is 11.4. The second kappa shape index (κ2) is 6.89. The maximum absolute atomic E-state index is 11.4. The lowest BCUT2D eigenvalue weighted by atomic mass is 10.1. The Morgan fingerprint density at radius 2 is 1.76 bits per heavy atom. The third-order valence-electron chi connectivity index (χ3n) is 2.89. The first kappa shape index (κ1) is 15.8. The topological polar surface area (TPSA) is 71.1 Å². The van der Waals surface area contributed by atoms with Crippen LogP contribution >= 0.6 is 11.6 Å². The Balaban J connectivity index is 1.95. The van der Waals surface area contributed by atoms with Crippen LogP contribution < -0.4 is 10.0 Å². The van der Waals surface area contributed by atoms with Crippen molar-refractivity contribution in [3.63, 3.8) is 0 Å². The zero-order chi connectivity index (χ0) is 15.3. The fourth-order valence-corrected chi connectivity index (χ4v) is 2.61. The highest BCUT2D eigenvalue weighted by Gasteiger charge is 2.08. The van der Waals surface area contributed by atoms with E-state index in [0.29, 0.717) is 11.6 Å². The monoisotopic (exact) mass is 325 g/mol. The van der Waals surface area contributed by atoms with Crippen molar-refractivity contribution < 1.29 is 8.42 Å². The molecule has 112 valence electrons. The Bertz CT molecular complexity index is 685. The molecule has 2 N–H and O–H groups in total. The summed E-state index contributed by atoms with van der Waals surface area (Å²) in [5, 5.41) is 3.76. The van der Waals surface area contributed by atoms with Crippen LogP contribution in [0.4, 0.5) is 5.82 Å². The van der Waals surface area contributed by atoms with Gasteiger partial charge in [0, 0.05) is 12.7 Å².